The largest absolute Gasteiger partial charge is 0.493 e. The number of hydrogen-bond donors (Lipinski definition) is 0. The Bertz CT molecular complexity index is 707. The SMILES string of the molecule is COc1ccc(CN(C)S(=O)(=O)N2C[C@@H](C)O[C@H](C)C2)cc1OC(F)F. The summed E-state index contributed by atoms with van der Waals surface area (Å²) in [7, 11) is -0.931. The average Bonchev–Trinajstić information content (AvgIpc) is 2.53. The number of benzene rings is 1. The van der Waals surface area contributed by atoms with Crippen molar-refractivity contribution < 1.29 is 31.4 Å². The van der Waals surface area contributed by atoms with Crippen LogP contribution < -0.4 is 9.47 Å². The first-order valence-corrected chi connectivity index (χ1v) is 9.51. The van der Waals surface area contributed by atoms with Crippen molar-refractivity contribution in [3.63, 3.8) is 0 Å². The van der Waals surface area contributed by atoms with Crippen molar-refractivity contribution in [1.82, 2.24) is 8.61 Å². The van der Waals surface area contributed by atoms with Crippen LogP contribution in [-0.4, -0.2) is 63.1 Å². The number of ether oxygens (including phenoxy) is 3. The molecule has 26 heavy (non-hydrogen) atoms. The summed E-state index contributed by atoms with van der Waals surface area (Å²) >= 11 is 0. The molecule has 1 saturated heterocycles. The molecule has 0 aromatic heterocycles. The van der Waals surface area contributed by atoms with Gasteiger partial charge in [-0.1, -0.05) is 6.07 Å². The Morgan fingerprint density at radius 2 is 1.88 bits per heavy atom. The number of nitrogens with zero attached hydrogens (tertiary/aromatic N) is 2. The second-order valence-corrected chi connectivity index (χ2v) is 8.24. The highest BCUT2D eigenvalue weighted by atomic mass is 32.2. The first-order valence-electron chi connectivity index (χ1n) is 8.12. The van der Waals surface area contributed by atoms with Crippen molar-refractivity contribution >= 4 is 10.2 Å². The van der Waals surface area contributed by atoms with Crippen molar-refractivity contribution in [1.29, 1.82) is 0 Å². The lowest BCUT2D eigenvalue weighted by Gasteiger charge is -2.36. The Kier molecular flexibility index (Phi) is 6.78. The fourth-order valence-corrected chi connectivity index (χ4v) is 4.37. The highest BCUT2D eigenvalue weighted by Gasteiger charge is 2.33. The number of hydrogen-bond acceptors (Lipinski definition) is 5. The van der Waals surface area contributed by atoms with Crippen LogP contribution >= 0.6 is 0 Å². The monoisotopic (exact) mass is 394 g/mol. The zero-order chi connectivity index (χ0) is 19.5. The highest BCUT2D eigenvalue weighted by molar-refractivity contribution is 7.86. The zero-order valence-corrected chi connectivity index (χ0v) is 16.0. The van der Waals surface area contributed by atoms with Crippen molar-refractivity contribution in [3.8, 4) is 11.5 Å². The fourth-order valence-electron chi connectivity index (χ4n) is 2.86. The molecule has 0 amide bonds. The van der Waals surface area contributed by atoms with Gasteiger partial charge in [-0.2, -0.15) is 25.8 Å². The summed E-state index contributed by atoms with van der Waals surface area (Å²) in [4.78, 5) is 0. The average molecular weight is 394 g/mol. The maximum Gasteiger partial charge on any atom is 0.387 e. The molecule has 1 aromatic carbocycles. The Balaban J connectivity index is 2.16. The van der Waals surface area contributed by atoms with Crippen LogP contribution in [0.15, 0.2) is 18.2 Å². The minimum atomic E-state index is -3.71. The maximum atomic E-state index is 12.8. The van der Waals surface area contributed by atoms with Gasteiger partial charge >= 0.3 is 6.61 Å². The molecule has 1 aliphatic heterocycles. The summed E-state index contributed by atoms with van der Waals surface area (Å²) in [5.41, 5.74) is 0.502. The van der Waals surface area contributed by atoms with E-state index in [2.05, 4.69) is 4.74 Å². The molecule has 0 saturated carbocycles. The molecule has 2 atom stereocenters. The van der Waals surface area contributed by atoms with Crippen molar-refractivity contribution in [2.45, 2.75) is 39.2 Å². The molecule has 0 unspecified atom stereocenters. The van der Waals surface area contributed by atoms with Gasteiger partial charge in [-0.25, -0.2) is 0 Å². The minimum absolute atomic E-state index is 0.00600. The van der Waals surface area contributed by atoms with Gasteiger partial charge in [0.2, 0.25) is 0 Å². The fraction of sp³-hybridized carbons (Fsp3) is 0.625. The number of alkyl halides is 2. The third-order valence-electron chi connectivity index (χ3n) is 3.96. The van der Waals surface area contributed by atoms with E-state index < -0.39 is 16.8 Å². The summed E-state index contributed by atoms with van der Waals surface area (Å²) in [5, 5.41) is 0. The van der Waals surface area contributed by atoms with E-state index in [9.17, 15) is 17.2 Å². The summed E-state index contributed by atoms with van der Waals surface area (Å²) in [5.74, 6) is 0.00908. The van der Waals surface area contributed by atoms with Crippen LogP contribution in [0.1, 0.15) is 19.4 Å². The van der Waals surface area contributed by atoms with Gasteiger partial charge in [-0.05, 0) is 31.5 Å². The summed E-state index contributed by atoms with van der Waals surface area (Å²) in [6.07, 6.45) is -0.400. The van der Waals surface area contributed by atoms with Gasteiger partial charge in [-0.15, -0.1) is 0 Å². The number of methoxy groups -OCH3 is 1. The van der Waals surface area contributed by atoms with Crippen LogP contribution in [0.4, 0.5) is 8.78 Å². The molecule has 0 spiro atoms. The Labute approximate surface area is 152 Å². The van der Waals surface area contributed by atoms with Crippen LogP contribution in [0.2, 0.25) is 0 Å². The van der Waals surface area contributed by atoms with Gasteiger partial charge in [0.05, 0.1) is 19.3 Å². The highest BCUT2D eigenvalue weighted by Crippen LogP contribution is 2.30. The standard InChI is InChI=1S/C16H24F2N2O5S/c1-11-8-20(9-12(2)24-11)26(21,22)19(3)10-13-5-6-14(23-4)15(7-13)25-16(17)18/h5-7,11-12,16H,8-10H2,1-4H3/t11-,12-/m1/s1. The predicted octanol–water partition coefficient (Wildman–Crippen LogP) is 2.08. The van der Waals surface area contributed by atoms with E-state index in [-0.39, 0.29) is 43.3 Å². The van der Waals surface area contributed by atoms with E-state index in [0.29, 0.717) is 5.56 Å². The van der Waals surface area contributed by atoms with E-state index >= 15 is 0 Å². The molecular formula is C16H24F2N2O5S. The predicted molar refractivity (Wildman–Crippen MR) is 91.6 cm³/mol. The lowest BCUT2D eigenvalue weighted by atomic mass is 10.2. The second-order valence-electron chi connectivity index (χ2n) is 6.20. The molecule has 0 radical (unpaired) electrons. The normalized spacial score (nSPS) is 22.0. The minimum Gasteiger partial charge on any atom is -0.493 e. The number of rotatable bonds is 7. The van der Waals surface area contributed by atoms with Gasteiger partial charge < -0.3 is 14.2 Å². The lowest BCUT2D eigenvalue weighted by molar-refractivity contribution is -0.0512. The molecule has 1 aromatic rings. The molecule has 1 aliphatic rings. The van der Waals surface area contributed by atoms with Crippen molar-refractivity contribution in [2.75, 3.05) is 27.2 Å². The zero-order valence-electron chi connectivity index (χ0n) is 15.2. The van der Waals surface area contributed by atoms with Gasteiger partial charge in [0.25, 0.3) is 10.2 Å². The van der Waals surface area contributed by atoms with E-state index in [1.807, 2.05) is 13.8 Å². The molecule has 10 heteroatoms. The second kappa shape index (κ2) is 8.47. The molecule has 1 heterocycles. The van der Waals surface area contributed by atoms with Crippen molar-refractivity contribution in [3.05, 3.63) is 23.8 Å². The third-order valence-corrected chi connectivity index (χ3v) is 5.82. The van der Waals surface area contributed by atoms with Crippen LogP contribution in [0.25, 0.3) is 0 Å². The van der Waals surface area contributed by atoms with Gasteiger partial charge in [0.15, 0.2) is 11.5 Å². The van der Waals surface area contributed by atoms with E-state index in [0.717, 1.165) is 0 Å². The molecule has 0 aliphatic carbocycles. The van der Waals surface area contributed by atoms with Crippen LogP contribution in [0.3, 0.4) is 0 Å². The topological polar surface area (TPSA) is 68.3 Å². The van der Waals surface area contributed by atoms with E-state index in [4.69, 9.17) is 9.47 Å². The van der Waals surface area contributed by atoms with Crippen molar-refractivity contribution in [2.24, 2.45) is 0 Å². The maximum absolute atomic E-state index is 12.8. The summed E-state index contributed by atoms with van der Waals surface area (Å²) in [6.45, 7) is 1.16. The quantitative estimate of drug-likeness (QED) is 0.708. The Hall–Kier alpha value is -1.49. The Morgan fingerprint density at radius 3 is 2.42 bits per heavy atom. The van der Waals surface area contributed by atoms with Gasteiger partial charge in [0, 0.05) is 26.7 Å². The molecule has 0 N–H and O–H groups in total. The smallest absolute Gasteiger partial charge is 0.387 e. The molecular weight excluding hydrogens is 370 g/mol. The third kappa shape index (κ3) is 5.03. The Morgan fingerprint density at radius 1 is 1.27 bits per heavy atom. The molecule has 7 nitrogen and oxygen atoms in total. The number of morpholine rings is 1. The first kappa shape index (κ1) is 20.8. The summed E-state index contributed by atoms with van der Waals surface area (Å²) in [6, 6.07) is 4.42. The van der Waals surface area contributed by atoms with Crippen LogP contribution in [0.5, 0.6) is 11.5 Å². The number of halogens is 2. The van der Waals surface area contributed by atoms with Gasteiger partial charge in [0.1, 0.15) is 0 Å². The molecule has 1 fully saturated rings. The van der Waals surface area contributed by atoms with Gasteiger partial charge in [-0.3, -0.25) is 0 Å². The lowest BCUT2D eigenvalue weighted by Crippen LogP contribution is -2.52. The molecule has 148 valence electrons. The van der Waals surface area contributed by atoms with E-state index in [1.54, 1.807) is 6.07 Å². The molecule has 0 bridgehead atoms. The first-order chi connectivity index (χ1) is 12.1. The van der Waals surface area contributed by atoms with Crippen LogP contribution in [0, 0.1) is 0 Å². The molecule has 2 rings (SSSR count). The summed E-state index contributed by atoms with van der Waals surface area (Å²) < 4.78 is 68.2. The van der Waals surface area contributed by atoms with E-state index in [1.165, 1.54) is 34.9 Å². The van der Waals surface area contributed by atoms with Crippen LogP contribution in [-0.2, 0) is 21.5 Å².